The van der Waals surface area contributed by atoms with E-state index >= 15 is 0 Å². The first-order valence-corrected chi connectivity index (χ1v) is 10.2. The van der Waals surface area contributed by atoms with Crippen LogP contribution in [0.1, 0.15) is 15.9 Å². The highest BCUT2D eigenvalue weighted by atomic mass is 32.2. The summed E-state index contributed by atoms with van der Waals surface area (Å²) < 4.78 is 32.3. The van der Waals surface area contributed by atoms with E-state index < -0.39 is 10.0 Å². The fourth-order valence-electron chi connectivity index (χ4n) is 2.84. The number of hydrogen-bond donors (Lipinski definition) is 1. The van der Waals surface area contributed by atoms with E-state index in [0.29, 0.717) is 31.9 Å². The Morgan fingerprint density at radius 1 is 1.35 bits per heavy atom. The molecule has 1 aromatic carbocycles. The topological polar surface area (TPSA) is 93.5 Å². The van der Waals surface area contributed by atoms with E-state index in [1.54, 1.807) is 23.2 Å². The number of morpholine rings is 1. The van der Waals surface area contributed by atoms with Crippen molar-refractivity contribution in [3.05, 3.63) is 53.9 Å². The van der Waals surface area contributed by atoms with Crippen molar-refractivity contribution in [2.24, 2.45) is 0 Å². The molecule has 26 heavy (non-hydrogen) atoms. The summed E-state index contributed by atoms with van der Waals surface area (Å²) in [6.45, 7) is 1.97. The zero-order valence-corrected chi connectivity index (χ0v) is 15.4. The molecule has 1 amide bonds. The average molecular weight is 378 g/mol. The Bertz CT molecular complexity index is 834. The van der Waals surface area contributed by atoms with Crippen molar-refractivity contribution in [3.63, 3.8) is 0 Å². The van der Waals surface area contributed by atoms with Crippen LogP contribution >= 0.6 is 0 Å². The van der Waals surface area contributed by atoms with Gasteiger partial charge in [0, 0.05) is 31.0 Å². The predicted molar refractivity (Wildman–Crippen MR) is 96.3 cm³/mol. The van der Waals surface area contributed by atoms with Gasteiger partial charge in [0.25, 0.3) is 5.91 Å². The molecular weight excluding hydrogens is 356 g/mol. The number of rotatable bonds is 6. The molecule has 1 aromatic heterocycles. The van der Waals surface area contributed by atoms with Gasteiger partial charge in [-0.1, -0.05) is 12.1 Å². The maximum atomic E-state index is 12.8. The SMILES string of the molecule is CS(=O)(=O)NCC1COCCN1C(=O)c1ccc(Cn2cccn2)cc1. The van der Waals surface area contributed by atoms with Gasteiger partial charge in [-0.3, -0.25) is 9.48 Å². The summed E-state index contributed by atoms with van der Waals surface area (Å²) in [5.41, 5.74) is 1.61. The molecule has 0 aliphatic carbocycles. The molecule has 1 saturated heterocycles. The Kier molecular flexibility index (Phi) is 5.70. The molecule has 0 radical (unpaired) electrons. The summed E-state index contributed by atoms with van der Waals surface area (Å²) in [5, 5.41) is 4.16. The van der Waals surface area contributed by atoms with E-state index in [-0.39, 0.29) is 18.5 Å². The first-order valence-electron chi connectivity index (χ1n) is 8.32. The molecule has 1 N–H and O–H groups in total. The third-order valence-electron chi connectivity index (χ3n) is 4.17. The molecule has 1 atom stereocenters. The number of sulfonamides is 1. The van der Waals surface area contributed by atoms with Crippen LogP contribution in [-0.4, -0.2) is 67.6 Å². The molecule has 1 aliphatic heterocycles. The second-order valence-corrected chi connectivity index (χ2v) is 8.08. The quantitative estimate of drug-likeness (QED) is 0.781. The van der Waals surface area contributed by atoms with Crippen LogP contribution in [0.25, 0.3) is 0 Å². The number of nitrogens with zero attached hydrogens (tertiary/aromatic N) is 3. The zero-order valence-electron chi connectivity index (χ0n) is 14.5. The van der Waals surface area contributed by atoms with Crippen LogP contribution < -0.4 is 4.72 Å². The number of ether oxygens (including phenoxy) is 1. The van der Waals surface area contributed by atoms with Gasteiger partial charge in [-0.15, -0.1) is 0 Å². The molecule has 1 aliphatic rings. The highest BCUT2D eigenvalue weighted by Gasteiger charge is 2.28. The van der Waals surface area contributed by atoms with E-state index in [9.17, 15) is 13.2 Å². The van der Waals surface area contributed by atoms with Gasteiger partial charge in [-0.2, -0.15) is 5.10 Å². The summed E-state index contributed by atoms with van der Waals surface area (Å²) in [5.74, 6) is -0.126. The molecule has 140 valence electrons. The van der Waals surface area contributed by atoms with Crippen molar-refractivity contribution in [3.8, 4) is 0 Å². The van der Waals surface area contributed by atoms with Crippen LogP contribution in [0.2, 0.25) is 0 Å². The number of carbonyl (C=O) groups excluding carboxylic acids is 1. The Hall–Kier alpha value is -2.23. The second kappa shape index (κ2) is 7.98. The molecule has 8 nitrogen and oxygen atoms in total. The number of amides is 1. The lowest BCUT2D eigenvalue weighted by molar-refractivity contribution is -0.000111. The zero-order chi connectivity index (χ0) is 18.6. The van der Waals surface area contributed by atoms with Crippen LogP contribution in [-0.2, 0) is 21.3 Å². The lowest BCUT2D eigenvalue weighted by Gasteiger charge is -2.35. The summed E-state index contributed by atoms with van der Waals surface area (Å²) in [6.07, 6.45) is 4.70. The van der Waals surface area contributed by atoms with Crippen molar-refractivity contribution in [1.29, 1.82) is 0 Å². The van der Waals surface area contributed by atoms with Gasteiger partial charge in [0.05, 0.1) is 32.1 Å². The molecule has 2 heterocycles. The normalized spacial score (nSPS) is 18.0. The van der Waals surface area contributed by atoms with Gasteiger partial charge in [-0.05, 0) is 23.8 Å². The van der Waals surface area contributed by atoms with Crippen molar-refractivity contribution >= 4 is 15.9 Å². The fourth-order valence-corrected chi connectivity index (χ4v) is 3.33. The van der Waals surface area contributed by atoms with Crippen LogP contribution in [0, 0.1) is 0 Å². The molecule has 0 saturated carbocycles. The third-order valence-corrected chi connectivity index (χ3v) is 4.87. The molecule has 0 spiro atoms. The smallest absolute Gasteiger partial charge is 0.254 e. The van der Waals surface area contributed by atoms with E-state index in [1.807, 2.05) is 29.1 Å². The molecule has 2 aromatic rings. The number of carbonyl (C=O) groups is 1. The Morgan fingerprint density at radius 2 is 2.12 bits per heavy atom. The van der Waals surface area contributed by atoms with Crippen LogP contribution in [0.4, 0.5) is 0 Å². The molecule has 3 rings (SSSR count). The lowest BCUT2D eigenvalue weighted by Crippen LogP contribution is -2.53. The molecule has 9 heteroatoms. The molecule has 1 unspecified atom stereocenters. The van der Waals surface area contributed by atoms with Gasteiger partial charge >= 0.3 is 0 Å². The van der Waals surface area contributed by atoms with Crippen molar-refractivity contribution in [2.45, 2.75) is 12.6 Å². The predicted octanol–water partition coefficient (Wildman–Crippen LogP) is 0.322. The summed E-state index contributed by atoms with van der Waals surface area (Å²) in [7, 11) is -3.32. The van der Waals surface area contributed by atoms with Crippen molar-refractivity contribution in [1.82, 2.24) is 19.4 Å². The number of aromatic nitrogens is 2. The van der Waals surface area contributed by atoms with Gasteiger partial charge in [-0.25, -0.2) is 13.1 Å². The number of hydrogen-bond acceptors (Lipinski definition) is 5. The maximum Gasteiger partial charge on any atom is 0.254 e. The fraction of sp³-hybridized carbons (Fsp3) is 0.412. The van der Waals surface area contributed by atoms with E-state index in [1.165, 1.54) is 0 Å². The third kappa shape index (κ3) is 4.90. The molecule has 0 bridgehead atoms. The van der Waals surface area contributed by atoms with Crippen LogP contribution in [0.3, 0.4) is 0 Å². The van der Waals surface area contributed by atoms with Crippen LogP contribution in [0.5, 0.6) is 0 Å². The van der Waals surface area contributed by atoms with E-state index in [4.69, 9.17) is 4.74 Å². The largest absolute Gasteiger partial charge is 0.377 e. The average Bonchev–Trinajstić information content (AvgIpc) is 3.13. The van der Waals surface area contributed by atoms with E-state index in [0.717, 1.165) is 11.8 Å². The monoisotopic (exact) mass is 378 g/mol. The van der Waals surface area contributed by atoms with Gasteiger partial charge in [0.15, 0.2) is 0 Å². The van der Waals surface area contributed by atoms with Gasteiger partial charge in [0.1, 0.15) is 0 Å². The Morgan fingerprint density at radius 3 is 2.77 bits per heavy atom. The van der Waals surface area contributed by atoms with Gasteiger partial charge < -0.3 is 9.64 Å². The highest BCUT2D eigenvalue weighted by Crippen LogP contribution is 2.14. The maximum absolute atomic E-state index is 12.8. The summed E-state index contributed by atoms with van der Waals surface area (Å²) in [4.78, 5) is 14.5. The molecule has 1 fully saturated rings. The minimum Gasteiger partial charge on any atom is -0.377 e. The van der Waals surface area contributed by atoms with Crippen molar-refractivity contribution < 1.29 is 17.9 Å². The summed E-state index contributed by atoms with van der Waals surface area (Å²) in [6, 6.07) is 8.92. The standard InChI is InChI=1S/C17H22N4O4S/c1-26(23,24)19-11-16-13-25-10-9-21(16)17(22)15-5-3-14(4-6-15)12-20-8-2-7-18-20/h2-8,16,19H,9-13H2,1H3. The highest BCUT2D eigenvalue weighted by molar-refractivity contribution is 7.88. The summed E-state index contributed by atoms with van der Waals surface area (Å²) >= 11 is 0. The number of benzene rings is 1. The number of nitrogens with one attached hydrogen (secondary N) is 1. The first-order chi connectivity index (χ1) is 12.4. The first kappa shape index (κ1) is 18.6. The Balaban J connectivity index is 1.67. The minimum atomic E-state index is -3.32. The van der Waals surface area contributed by atoms with E-state index in [2.05, 4.69) is 9.82 Å². The lowest BCUT2D eigenvalue weighted by atomic mass is 10.1. The molecular formula is C17H22N4O4S. The second-order valence-electron chi connectivity index (χ2n) is 6.25. The van der Waals surface area contributed by atoms with Crippen molar-refractivity contribution in [2.75, 3.05) is 32.6 Å². The Labute approximate surface area is 152 Å². The van der Waals surface area contributed by atoms with Crippen LogP contribution in [0.15, 0.2) is 42.7 Å². The van der Waals surface area contributed by atoms with Gasteiger partial charge in [0.2, 0.25) is 10.0 Å². The minimum absolute atomic E-state index is 0.126.